The normalized spacial score (nSPS) is 10.6. The molecule has 2 heterocycles. The van der Waals surface area contributed by atoms with Crippen LogP contribution in [0.2, 0.25) is 0 Å². The molecule has 0 fully saturated rings. The number of rotatable bonds is 8. The number of nitrogens with zero attached hydrogens (tertiary/aromatic N) is 3. The monoisotopic (exact) mass is 415 g/mol. The molecular weight excluding hydrogens is 394 g/mol. The molecule has 0 unspecified atom stereocenters. The molecule has 0 atom stereocenters. The van der Waals surface area contributed by atoms with Gasteiger partial charge in [-0.3, -0.25) is 9.59 Å². The second-order valence-corrected chi connectivity index (χ2v) is 7.70. The number of benzene rings is 1. The first-order chi connectivity index (χ1) is 13.6. The van der Waals surface area contributed by atoms with Crippen molar-refractivity contribution in [1.82, 2.24) is 20.1 Å². The highest BCUT2D eigenvalue weighted by Gasteiger charge is 2.15. The summed E-state index contributed by atoms with van der Waals surface area (Å²) in [6.07, 6.45) is 0. The van der Waals surface area contributed by atoms with Gasteiger partial charge in [0.2, 0.25) is 5.91 Å². The van der Waals surface area contributed by atoms with Crippen LogP contribution in [0, 0.1) is 0 Å². The van der Waals surface area contributed by atoms with Gasteiger partial charge in [0.25, 0.3) is 5.91 Å². The molecule has 0 saturated heterocycles. The van der Waals surface area contributed by atoms with Crippen LogP contribution >= 0.6 is 23.1 Å². The summed E-state index contributed by atoms with van der Waals surface area (Å²) in [5, 5.41) is 16.8. The van der Waals surface area contributed by atoms with Crippen LogP contribution in [0.1, 0.15) is 24.2 Å². The summed E-state index contributed by atoms with van der Waals surface area (Å²) in [5.74, 6) is 0.690. The smallest absolute Gasteiger partial charge is 0.251 e. The first-order valence-corrected chi connectivity index (χ1v) is 10.8. The number of carbonyl (C=O) groups is 2. The maximum Gasteiger partial charge on any atom is 0.251 e. The maximum absolute atomic E-state index is 12.3. The number of aromatic nitrogens is 3. The highest BCUT2D eigenvalue weighted by Crippen LogP contribution is 2.27. The molecular formula is C19H21N5O2S2. The van der Waals surface area contributed by atoms with Crippen LogP contribution in [0.3, 0.4) is 0 Å². The van der Waals surface area contributed by atoms with Crippen molar-refractivity contribution in [2.24, 2.45) is 0 Å². The third kappa shape index (κ3) is 4.79. The fourth-order valence-corrected chi connectivity index (χ4v) is 4.12. The van der Waals surface area contributed by atoms with Gasteiger partial charge in [0.05, 0.1) is 10.6 Å². The van der Waals surface area contributed by atoms with Gasteiger partial charge in [-0.15, -0.1) is 21.5 Å². The molecule has 2 amide bonds. The van der Waals surface area contributed by atoms with Crippen LogP contribution < -0.4 is 10.6 Å². The Labute approximate surface area is 171 Å². The summed E-state index contributed by atoms with van der Waals surface area (Å²) < 4.78 is 2.00. The van der Waals surface area contributed by atoms with Crippen molar-refractivity contribution in [1.29, 1.82) is 0 Å². The zero-order valence-electron chi connectivity index (χ0n) is 15.6. The summed E-state index contributed by atoms with van der Waals surface area (Å²) in [4.78, 5) is 25.3. The lowest BCUT2D eigenvalue weighted by Gasteiger charge is -2.08. The van der Waals surface area contributed by atoms with E-state index in [2.05, 4.69) is 20.8 Å². The number of amides is 2. The zero-order valence-corrected chi connectivity index (χ0v) is 17.3. The summed E-state index contributed by atoms with van der Waals surface area (Å²) in [5.41, 5.74) is 1.10. The molecule has 9 heteroatoms. The first kappa shape index (κ1) is 20.1. The van der Waals surface area contributed by atoms with Gasteiger partial charge in [-0.1, -0.05) is 23.9 Å². The first-order valence-electron chi connectivity index (χ1n) is 8.90. The van der Waals surface area contributed by atoms with Crippen molar-refractivity contribution in [2.75, 3.05) is 17.6 Å². The number of hydrogen-bond acceptors (Lipinski definition) is 6. The molecule has 146 valence electrons. The van der Waals surface area contributed by atoms with E-state index in [9.17, 15) is 9.59 Å². The molecule has 2 N–H and O–H groups in total. The van der Waals surface area contributed by atoms with Gasteiger partial charge < -0.3 is 15.2 Å². The molecule has 0 aliphatic carbocycles. The van der Waals surface area contributed by atoms with Crippen LogP contribution in [-0.2, 0) is 11.3 Å². The fourth-order valence-electron chi connectivity index (χ4n) is 2.60. The van der Waals surface area contributed by atoms with Crippen molar-refractivity contribution in [3.05, 3.63) is 47.3 Å². The second kappa shape index (κ2) is 9.52. The van der Waals surface area contributed by atoms with Crippen molar-refractivity contribution < 1.29 is 9.59 Å². The second-order valence-electron chi connectivity index (χ2n) is 5.80. The molecule has 0 spiro atoms. The van der Waals surface area contributed by atoms with E-state index in [4.69, 9.17) is 0 Å². The van der Waals surface area contributed by atoms with E-state index >= 15 is 0 Å². The highest BCUT2D eigenvalue weighted by molar-refractivity contribution is 7.99. The lowest BCUT2D eigenvalue weighted by Crippen LogP contribution is -2.23. The number of carbonyl (C=O) groups excluding carboxylic acids is 2. The van der Waals surface area contributed by atoms with Crippen LogP contribution in [0.4, 0.5) is 5.69 Å². The average molecular weight is 416 g/mol. The van der Waals surface area contributed by atoms with E-state index in [1.165, 1.54) is 11.8 Å². The predicted octanol–water partition coefficient (Wildman–Crippen LogP) is 3.51. The van der Waals surface area contributed by atoms with Crippen molar-refractivity contribution in [3.8, 4) is 10.7 Å². The van der Waals surface area contributed by atoms with E-state index in [0.29, 0.717) is 23.0 Å². The van der Waals surface area contributed by atoms with Crippen LogP contribution in [0.25, 0.3) is 10.7 Å². The SMILES string of the molecule is CCNC(=O)c1cccc(NC(=O)CSc2nnc(-c3cccs3)n2CC)c1. The minimum atomic E-state index is -0.165. The maximum atomic E-state index is 12.3. The van der Waals surface area contributed by atoms with E-state index in [-0.39, 0.29) is 17.6 Å². The molecule has 0 aliphatic heterocycles. The standard InChI is InChI=1S/C19H21N5O2S2/c1-3-20-18(26)13-7-5-8-14(11-13)21-16(25)12-28-19-23-22-17(24(19)4-2)15-9-6-10-27-15/h5-11H,3-4,12H2,1-2H3,(H,20,26)(H,21,25). The molecule has 3 aromatic rings. The highest BCUT2D eigenvalue weighted by atomic mass is 32.2. The Morgan fingerprint density at radius 1 is 1.18 bits per heavy atom. The summed E-state index contributed by atoms with van der Waals surface area (Å²) in [6, 6.07) is 10.9. The fraction of sp³-hybridized carbons (Fsp3) is 0.263. The Hall–Kier alpha value is -2.65. The Morgan fingerprint density at radius 3 is 2.75 bits per heavy atom. The number of thiophene rings is 1. The number of thioether (sulfide) groups is 1. The number of nitrogens with one attached hydrogen (secondary N) is 2. The van der Waals surface area contributed by atoms with Crippen molar-refractivity contribution in [2.45, 2.75) is 25.5 Å². The van der Waals surface area contributed by atoms with Crippen molar-refractivity contribution >= 4 is 40.6 Å². The third-order valence-electron chi connectivity index (χ3n) is 3.85. The molecule has 28 heavy (non-hydrogen) atoms. The van der Waals surface area contributed by atoms with Crippen molar-refractivity contribution in [3.63, 3.8) is 0 Å². The molecule has 1 aromatic carbocycles. The van der Waals surface area contributed by atoms with Crippen LogP contribution in [-0.4, -0.2) is 38.9 Å². The van der Waals surface area contributed by atoms with E-state index in [0.717, 1.165) is 17.2 Å². The van der Waals surface area contributed by atoms with Gasteiger partial charge >= 0.3 is 0 Å². The van der Waals surface area contributed by atoms with Gasteiger partial charge in [0.15, 0.2) is 11.0 Å². The summed E-state index contributed by atoms with van der Waals surface area (Å²) in [6.45, 7) is 5.16. The Morgan fingerprint density at radius 2 is 2.04 bits per heavy atom. The van der Waals surface area contributed by atoms with Gasteiger partial charge in [0, 0.05) is 24.3 Å². The van der Waals surface area contributed by atoms with Gasteiger partial charge in [0.1, 0.15) is 0 Å². The Bertz CT molecular complexity index is 953. The summed E-state index contributed by atoms with van der Waals surface area (Å²) in [7, 11) is 0. The van der Waals surface area contributed by atoms with Crippen LogP contribution in [0.5, 0.6) is 0 Å². The summed E-state index contributed by atoms with van der Waals surface area (Å²) >= 11 is 2.95. The van der Waals surface area contributed by atoms with Gasteiger partial charge in [-0.25, -0.2) is 0 Å². The topological polar surface area (TPSA) is 88.9 Å². The molecule has 0 bridgehead atoms. The minimum absolute atomic E-state index is 0.162. The largest absolute Gasteiger partial charge is 0.352 e. The minimum Gasteiger partial charge on any atom is -0.352 e. The molecule has 0 aliphatic rings. The van der Waals surface area contributed by atoms with E-state index in [1.807, 2.05) is 35.9 Å². The Balaban J connectivity index is 1.62. The molecule has 0 radical (unpaired) electrons. The lowest BCUT2D eigenvalue weighted by atomic mass is 10.2. The number of anilines is 1. The van der Waals surface area contributed by atoms with Gasteiger partial charge in [-0.05, 0) is 43.5 Å². The Kier molecular flexibility index (Phi) is 6.83. The lowest BCUT2D eigenvalue weighted by molar-refractivity contribution is -0.113. The molecule has 7 nitrogen and oxygen atoms in total. The molecule has 3 rings (SSSR count). The number of hydrogen-bond donors (Lipinski definition) is 2. The zero-order chi connectivity index (χ0) is 19.9. The van der Waals surface area contributed by atoms with E-state index in [1.54, 1.807) is 35.6 Å². The molecule has 0 saturated carbocycles. The van der Waals surface area contributed by atoms with Crippen LogP contribution in [0.15, 0.2) is 46.9 Å². The van der Waals surface area contributed by atoms with E-state index < -0.39 is 0 Å². The third-order valence-corrected chi connectivity index (χ3v) is 5.69. The van der Waals surface area contributed by atoms with Gasteiger partial charge in [-0.2, -0.15) is 0 Å². The average Bonchev–Trinajstić information content (AvgIpc) is 3.36. The molecule has 2 aromatic heterocycles. The predicted molar refractivity (Wildman–Crippen MR) is 113 cm³/mol. The quantitative estimate of drug-likeness (QED) is 0.550.